The molecule has 1 amide bonds. The Kier molecular flexibility index (Phi) is 6.37. The molecule has 7 heteroatoms. The van der Waals surface area contributed by atoms with Gasteiger partial charge >= 0.3 is 0 Å². The molecule has 0 bridgehead atoms. The number of carbonyl (C=O) groups excluding carboxylic acids is 1. The van der Waals surface area contributed by atoms with Gasteiger partial charge in [-0.1, -0.05) is 25.4 Å². The zero-order chi connectivity index (χ0) is 22.0. The number of carbonyl (C=O) groups is 1. The van der Waals surface area contributed by atoms with Crippen molar-refractivity contribution in [2.45, 2.75) is 39.2 Å². The van der Waals surface area contributed by atoms with Gasteiger partial charge < -0.3 is 10.2 Å². The van der Waals surface area contributed by atoms with Crippen LogP contribution in [0.4, 0.5) is 10.2 Å². The molecule has 1 aliphatic carbocycles. The number of anilines is 1. The van der Waals surface area contributed by atoms with Gasteiger partial charge in [0.2, 0.25) is 5.91 Å². The zero-order valence-corrected chi connectivity index (χ0v) is 18.5. The normalized spacial score (nSPS) is 13.6. The lowest BCUT2D eigenvalue weighted by Gasteiger charge is -2.27. The second-order valence-corrected chi connectivity index (χ2v) is 8.91. The summed E-state index contributed by atoms with van der Waals surface area (Å²) in [5.41, 5.74) is 1.44. The average molecular weight is 441 g/mol. The van der Waals surface area contributed by atoms with Crippen LogP contribution < -0.4 is 10.2 Å². The van der Waals surface area contributed by atoms with Crippen LogP contribution in [0.1, 0.15) is 33.1 Å². The van der Waals surface area contributed by atoms with Crippen molar-refractivity contribution in [3.63, 3.8) is 0 Å². The Bertz CT molecular complexity index is 1080. The Hall–Kier alpha value is -2.73. The smallest absolute Gasteiger partial charge is 0.221 e. The zero-order valence-electron chi connectivity index (χ0n) is 17.7. The molecule has 0 unspecified atom stereocenters. The largest absolute Gasteiger partial charge is 0.355 e. The maximum atomic E-state index is 13.4. The third-order valence-corrected chi connectivity index (χ3v) is 5.41. The first-order valence-electron chi connectivity index (χ1n) is 10.7. The number of amides is 1. The molecule has 1 N–H and O–H groups in total. The molecule has 5 nitrogen and oxygen atoms in total. The van der Waals surface area contributed by atoms with Crippen LogP contribution in [0.15, 0.2) is 42.5 Å². The van der Waals surface area contributed by atoms with Crippen LogP contribution in [0.3, 0.4) is 0 Å². The van der Waals surface area contributed by atoms with Crippen molar-refractivity contribution in [3.05, 3.63) is 53.3 Å². The molecule has 0 saturated heterocycles. The Balaban J connectivity index is 1.73. The summed E-state index contributed by atoms with van der Waals surface area (Å²) in [5, 5.41) is 4.51. The average Bonchev–Trinajstić information content (AvgIpc) is 3.54. The Morgan fingerprint density at radius 1 is 1.19 bits per heavy atom. The van der Waals surface area contributed by atoms with E-state index in [0.717, 1.165) is 36.2 Å². The summed E-state index contributed by atoms with van der Waals surface area (Å²) in [5.74, 6) is 1.39. The van der Waals surface area contributed by atoms with Crippen molar-refractivity contribution in [3.8, 4) is 11.4 Å². The molecule has 0 atom stereocenters. The minimum Gasteiger partial charge on any atom is -0.355 e. The van der Waals surface area contributed by atoms with Gasteiger partial charge in [0.05, 0.1) is 5.52 Å². The number of nitrogens with zero attached hydrogens (tertiary/aromatic N) is 3. The lowest BCUT2D eigenvalue weighted by atomic mass is 10.1. The van der Waals surface area contributed by atoms with Crippen molar-refractivity contribution in [2.75, 3.05) is 18.0 Å². The van der Waals surface area contributed by atoms with E-state index in [1.54, 1.807) is 12.1 Å². The van der Waals surface area contributed by atoms with Gasteiger partial charge in [-0.2, -0.15) is 0 Å². The number of rotatable bonds is 8. The van der Waals surface area contributed by atoms with Gasteiger partial charge in [0.1, 0.15) is 11.6 Å². The van der Waals surface area contributed by atoms with Gasteiger partial charge in [-0.25, -0.2) is 14.4 Å². The minimum atomic E-state index is -0.309. The maximum absolute atomic E-state index is 13.4. The first-order valence-corrected chi connectivity index (χ1v) is 11.0. The lowest BCUT2D eigenvalue weighted by molar-refractivity contribution is -0.121. The van der Waals surface area contributed by atoms with Crippen molar-refractivity contribution in [1.82, 2.24) is 15.3 Å². The SMILES string of the molecule is CC(C)CN(CCC(=O)NC1CC1)c1nc(-c2ccc(F)cc2)nc2cc(Cl)ccc12. The maximum Gasteiger partial charge on any atom is 0.221 e. The van der Waals surface area contributed by atoms with E-state index in [1.807, 2.05) is 18.2 Å². The molecule has 162 valence electrons. The molecule has 1 heterocycles. The first-order chi connectivity index (χ1) is 14.9. The van der Waals surface area contributed by atoms with Gasteiger partial charge in [-0.3, -0.25) is 4.79 Å². The number of aromatic nitrogens is 2. The van der Waals surface area contributed by atoms with E-state index in [-0.39, 0.29) is 11.7 Å². The molecular weight excluding hydrogens is 415 g/mol. The monoisotopic (exact) mass is 440 g/mol. The van der Waals surface area contributed by atoms with E-state index < -0.39 is 0 Å². The quantitative estimate of drug-likeness (QED) is 0.521. The van der Waals surface area contributed by atoms with Crippen LogP contribution >= 0.6 is 11.6 Å². The van der Waals surface area contributed by atoms with E-state index in [2.05, 4.69) is 29.0 Å². The highest BCUT2D eigenvalue weighted by Gasteiger charge is 2.24. The van der Waals surface area contributed by atoms with E-state index in [0.29, 0.717) is 41.3 Å². The van der Waals surface area contributed by atoms with E-state index in [4.69, 9.17) is 16.6 Å². The van der Waals surface area contributed by atoms with Gasteiger partial charge in [-0.05, 0) is 61.2 Å². The molecular formula is C24H26ClFN4O. The number of benzene rings is 2. The number of hydrogen-bond donors (Lipinski definition) is 1. The van der Waals surface area contributed by atoms with Crippen LogP contribution in [0, 0.1) is 11.7 Å². The van der Waals surface area contributed by atoms with Crippen molar-refractivity contribution < 1.29 is 9.18 Å². The second-order valence-electron chi connectivity index (χ2n) is 8.47. The number of hydrogen-bond acceptors (Lipinski definition) is 4. The predicted octanol–water partition coefficient (Wildman–Crippen LogP) is 5.22. The van der Waals surface area contributed by atoms with Crippen LogP contribution in [0.25, 0.3) is 22.3 Å². The summed E-state index contributed by atoms with van der Waals surface area (Å²) in [7, 11) is 0. The van der Waals surface area contributed by atoms with Gasteiger partial charge in [0.25, 0.3) is 0 Å². The molecule has 0 radical (unpaired) electrons. The third-order valence-electron chi connectivity index (χ3n) is 5.18. The van der Waals surface area contributed by atoms with Gasteiger partial charge in [0, 0.05) is 41.5 Å². The molecule has 4 rings (SSSR count). The number of halogens is 2. The standard InChI is InChI=1S/C24H26ClFN4O/c1-15(2)14-30(12-11-22(31)27-19-8-9-19)24-20-10-5-17(25)13-21(20)28-23(29-24)16-3-6-18(26)7-4-16/h3-7,10,13,15,19H,8-9,11-12,14H2,1-2H3,(H,27,31). The highest BCUT2D eigenvalue weighted by molar-refractivity contribution is 6.31. The van der Waals surface area contributed by atoms with E-state index in [9.17, 15) is 9.18 Å². The van der Waals surface area contributed by atoms with Crippen molar-refractivity contribution in [2.24, 2.45) is 5.92 Å². The summed E-state index contributed by atoms with van der Waals surface area (Å²) in [6, 6.07) is 12.0. The molecule has 1 aromatic heterocycles. The van der Waals surface area contributed by atoms with Gasteiger partial charge in [0.15, 0.2) is 5.82 Å². The Morgan fingerprint density at radius 3 is 2.61 bits per heavy atom. The number of fused-ring (bicyclic) bond motifs is 1. The third kappa shape index (κ3) is 5.50. The fourth-order valence-corrected chi connectivity index (χ4v) is 3.71. The Morgan fingerprint density at radius 2 is 1.94 bits per heavy atom. The predicted molar refractivity (Wildman–Crippen MR) is 123 cm³/mol. The lowest BCUT2D eigenvalue weighted by Crippen LogP contribution is -2.34. The summed E-state index contributed by atoms with van der Waals surface area (Å²) >= 11 is 6.23. The van der Waals surface area contributed by atoms with Crippen LogP contribution in [0.2, 0.25) is 5.02 Å². The minimum absolute atomic E-state index is 0.0661. The molecule has 1 saturated carbocycles. The second kappa shape index (κ2) is 9.18. The summed E-state index contributed by atoms with van der Waals surface area (Å²) in [6.45, 7) is 5.57. The molecule has 0 spiro atoms. The Labute approximate surface area is 186 Å². The highest BCUT2D eigenvalue weighted by atomic mass is 35.5. The van der Waals surface area contributed by atoms with Crippen LogP contribution in [0.5, 0.6) is 0 Å². The molecule has 1 fully saturated rings. The fraction of sp³-hybridized carbons (Fsp3) is 0.375. The molecule has 2 aromatic carbocycles. The molecule has 31 heavy (non-hydrogen) atoms. The van der Waals surface area contributed by atoms with Crippen molar-refractivity contribution in [1.29, 1.82) is 0 Å². The highest BCUT2D eigenvalue weighted by Crippen LogP contribution is 2.30. The molecule has 3 aromatic rings. The van der Waals surface area contributed by atoms with Crippen LogP contribution in [-0.4, -0.2) is 35.0 Å². The topological polar surface area (TPSA) is 58.1 Å². The molecule has 1 aliphatic rings. The van der Waals surface area contributed by atoms with Crippen molar-refractivity contribution >= 4 is 34.2 Å². The molecule has 0 aliphatic heterocycles. The van der Waals surface area contributed by atoms with E-state index >= 15 is 0 Å². The van der Waals surface area contributed by atoms with Crippen LogP contribution in [-0.2, 0) is 4.79 Å². The summed E-state index contributed by atoms with van der Waals surface area (Å²) in [6.07, 6.45) is 2.54. The number of nitrogens with one attached hydrogen (secondary N) is 1. The first kappa shape index (κ1) is 21.5. The van der Waals surface area contributed by atoms with E-state index in [1.165, 1.54) is 12.1 Å². The summed E-state index contributed by atoms with van der Waals surface area (Å²) in [4.78, 5) is 24.0. The summed E-state index contributed by atoms with van der Waals surface area (Å²) < 4.78 is 13.4. The van der Waals surface area contributed by atoms with Gasteiger partial charge in [-0.15, -0.1) is 0 Å². The fourth-order valence-electron chi connectivity index (χ4n) is 3.54.